The molecule has 3 atom stereocenters. The first kappa shape index (κ1) is 22.6. The molecule has 2 fully saturated rings. The van der Waals surface area contributed by atoms with Gasteiger partial charge in [0.1, 0.15) is 12.2 Å². The summed E-state index contributed by atoms with van der Waals surface area (Å²) in [7, 11) is 0. The van der Waals surface area contributed by atoms with E-state index >= 15 is 0 Å². The van der Waals surface area contributed by atoms with Crippen molar-refractivity contribution in [2.75, 3.05) is 0 Å². The Kier molecular flexibility index (Phi) is 6.21. The first-order chi connectivity index (χ1) is 13.9. The van der Waals surface area contributed by atoms with Crippen LogP contribution >= 0.6 is 0 Å². The monoisotopic (exact) mass is 426 g/mol. The molecule has 4 nitrogen and oxygen atoms in total. The molecule has 0 aliphatic heterocycles. The highest BCUT2D eigenvalue weighted by atomic mass is 19.4. The van der Waals surface area contributed by atoms with E-state index in [1.165, 1.54) is 0 Å². The van der Waals surface area contributed by atoms with Gasteiger partial charge < -0.3 is 9.47 Å². The van der Waals surface area contributed by atoms with Crippen molar-refractivity contribution in [3.05, 3.63) is 35.9 Å². The third kappa shape index (κ3) is 5.76. The number of carbonyl (C=O) groups is 2. The molecule has 2 aliphatic rings. The Morgan fingerprint density at radius 2 is 1.77 bits per heavy atom. The molecular formula is C23H29F3O4. The second-order valence-corrected chi connectivity index (χ2v) is 9.59. The number of alkyl halides is 3. The summed E-state index contributed by atoms with van der Waals surface area (Å²) in [6.07, 6.45) is -3.32. The van der Waals surface area contributed by atoms with Crippen LogP contribution in [0.15, 0.2) is 30.3 Å². The van der Waals surface area contributed by atoms with Gasteiger partial charge in [0.05, 0.1) is 11.3 Å². The van der Waals surface area contributed by atoms with Crippen LogP contribution in [0.3, 0.4) is 0 Å². The highest BCUT2D eigenvalue weighted by Crippen LogP contribution is 2.64. The van der Waals surface area contributed by atoms with E-state index in [0.717, 1.165) is 18.4 Å². The smallest absolute Gasteiger partial charge is 0.389 e. The molecule has 0 N–H and O–H groups in total. The Balaban J connectivity index is 1.83. The minimum Gasteiger partial charge on any atom is -0.460 e. The molecule has 7 heteroatoms. The highest BCUT2D eigenvalue weighted by molar-refractivity contribution is 5.88. The van der Waals surface area contributed by atoms with Crippen molar-refractivity contribution < 1.29 is 32.2 Å². The van der Waals surface area contributed by atoms with Crippen LogP contribution in [0.2, 0.25) is 0 Å². The molecule has 166 valence electrons. The lowest BCUT2D eigenvalue weighted by Crippen LogP contribution is -2.39. The van der Waals surface area contributed by atoms with Gasteiger partial charge in [0.2, 0.25) is 0 Å². The summed E-state index contributed by atoms with van der Waals surface area (Å²) in [5.41, 5.74) is -1.51. The predicted octanol–water partition coefficient (Wildman–Crippen LogP) is 5.45. The van der Waals surface area contributed by atoms with Crippen molar-refractivity contribution in [2.24, 2.45) is 23.2 Å². The van der Waals surface area contributed by atoms with Crippen LogP contribution in [0.5, 0.6) is 0 Å². The maximum absolute atomic E-state index is 13.1. The Morgan fingerprint density at radius 3 is 2.30 bits per heavy atom. The minimum absolute atomic E-state index is 0.00321. The van der Waals surface area contributed by atoms with Gasteiger partial charge >= 0.3 is 18.1 Å². The van der Waals surface area contributed by atoms with Crippen LogP contribution in [0.1, 0.15) is 58.4 Å². The summed E-state index contributed by atoms with van der Waals surface area (Å²) < 4.78 is 50.4. The van der Waals surface area contributed by atoms with Crippen molar-refractivity contribution in [3.8, 4) is 0 Å². The second-order valence-electron chi connectivity index (χ2n) is 9.59. The van der Waals surface area contributed by atoms with Gasteiger partial charge in [-0.05, 0) is 51.0 Å². The molecule has 0 amide bonds. The maximum Gasteiger partial charge on any atom is 0.389 e. The number of ether oxygens (including phenoxy) is 2. The molecular weight excluding hydrogens is 397 g/mol. The van der Waals surface area contributed by atoms with Gasteiger partial charge in [-0.3, -0.25) is 9.59 Å². The predicted molar refractivity (Wildman–Crippen MR) is 104 cm³/mol. The minimum atomic E-state index is -4.41. The van der Waals surface area contributed by atoms with Gasteiger partial charge in [0.25, 0.3) is 0 Å². The zero-order chi connectivity index (χ0) is 22.2. The Hall–Kier alpha value is -2.05. The number of hydrogen-bond acceptors (Lipinski definition) is 4. The summed E-state index contributed by atoms with van der Waals surface area (Å²) in [4.78, 5) is 26.1. The summed E-state index contributed by atoms with van der Waals surface area (Å²) in [5.74, 6) is -2.96. The van der Waals surface area contributed by atoms with E-state index in [4.69, 9.17) is 9.47 Å². The second kappa shape index (κ2) is 8.23. The van der Waals surface area contributed by atoms with Crippen molar-refractivity contribution in [2.45, 2.75) is 71.3 Å². The fourth-order valence-electron chi connectivity index (χ4n) is 4.14. The quantitative estimate of drug-likeness (QED) is 0.519. The molecule has 0 radical (unpaired) electrons. The van der Waals surface area contributed by atoms with Gasteiger partial charge in [-0.15, -0.1) is 0 Å². The van der Waals surface area contributed by atoms with Crippen LogP contribution < -0.4 is 0 Å². The van der Waals surface area contributed by atoms with Crippen molar-refractivity contribution in [1.29, 1.82) is 0 Å². The van der Waals surface area contributed by atoms with Crippen molar-refractivity contribution in [1.82, 2.24) is 0 Å². The van der Waals surface area contributed by atoms with Gasteiger partial charge in [-0.1, -0.05) is 43.2 Å². The molecule has 1 unspecified atom stereocenters. The summed E-state index contributed by atoms with van der Waals surface area (Å²) in [5, 5.41) is 0. The first-order valence-corrected chi connectivity index (χ1v) is 10.4. The molecule has 0 saturated heterocycles. The van der Waals surface area contributed by atoms with E-state index in [9.17, 15) is 22.8 Å². The molecule has 2 aliphatic carbocycles. The van der Waals surface area contributed by atoms with Crippen LogP contribution in [-0.2, 0) is 25.7 Å². The zero-order valence-corrected chi connectivity index (χ0v) is 17.6. The molecule has 1 aromatic carbocycles. The van der Waals surface area contributed by atoms with Gasteiger partial charge in [-0.2, -0.15) is 13.2 Å². The lowest BCUT2D eigenvalue weighted by Gasteiger charge is -2.29. The number of esters is 2. The standard InChI is InChI=1S/C23H29F3O4/c1-21(2,3)30-19(27)18(11-15-9-10-15)22(12-17(22)13-23(24,25)26)20(28)29-14-16-7-5-4-6-8-16/h4-8,15,17-18H,9-14H2,1-3H3/t17-,18+,22?/m0/s1. The Bertz CT molecular complexity index is 765. The number of hydrogen-bond donors (Lipinski definition) is 0. The van der Waals surface area contributed by atoms with Crippen molar-refractivity contribution >= 4 is 11.9 Å². The van der Waals surface area contributed by atoms with Crippen molar-refractivity contribution in [3.63, 3.8) is 0 Å². The summed E-state index contributed by atoms with van der Waals surface area (Å²) in [6, 6.07) is 8.95. The summed E-state index contributed by atoms with van der Waals surface area (Å²) >= 11 is 0. The molecule has 30 heavy (non-hydrogen) atoms. The van der Waals surface area contributed by atoms with E-state index in [-0.39, 0.29) is 18.9 Å². The molecule has 0 heterocycles. The lowest BCUT2D eigenvalue weighted by atomic mass is 9.81. The normalized spacial score (nSPS) is 24.8. The third-order valence-corrected chi connectivity index (χ3v) is 5.80. The number of rotatable bonds is 8. The molecule has 3 rings (SSSR count). The average Bonchev–Trinajstić information content (AvgIpc) is 3.52. The topological polar surface area (TPSA) is 52.6 Å². The average molecular weight is 426 g/mol. The largest absolute Gasteiger partial charge is 0.460 e. The molecule has 0 aromatic heterocycles. The summed E-state index contributed by atoms with van der Waals surface area (Å²) in [6.45, 7) is 5.09. The fraction of sp³-hybridized carbons (Fsp3) is 0.652. The fourth-order valence-corrected chi connectivity index (χ4v) is 4.14. The molecule has 1 aromatic rings. The maximum atomic E-state index is 13.1. The third-order valence-electron chi connectivity index (χ3n) is 5.80. The number of halogens is 3. The van der Waals surface area contributed by atoms with Crippen LogP contribution in [0.4, 0.5) is 13.2 Å². The molecule has 2 saturated carbocycles. The Morgan fingerprint density at radius 1 is 1.13 bits per heavy atom. The van der Waals surface area contributed by atoms with Crippen LogP contribution in [0, 0.1) is 23.2 Å². The first-order valence-electron chi connectivity index (χ1n) is 10.4. The van der Waals surface area contributed by atoms with E-state index in [0.29, 0.717) is 6.42 Å². The van der Waals surface area contributed by atoms with Crippen LogP contribution in [0.25, 0.3) is 0 Å². The number of benzene rings is 1. The van der Waals surface area contributed by atoms with E-state index in [2.05, 4.69) is 0 Å². The van der Waals surface area contributed by atoms with Crippen LogP contribution in [-0.4, -0.2) is 23.7 Å². The van der Waals surface area contributed by atoms with E-state index in [1.807, 2.05) is 6.07 Å². The van der Waals surface area contributed by atoms with Gasteiger partial charge in [0.15, 0.2) is 0 Å². The Labute approximate surface area is 175 Å². The van der Waals surface area contributed by atoms with Gasteiger partial charge in [-0.25, -0.2) is 0 Å². The van der Waals surface area contributed by atoms with Gasteiger partial charge in [0, 0.05) is 6.42 Å². The molecule has 0 spiro atoms. The van der Waals surface area contributed by atoms with E-state index < -0.39 is 47.4 Å². The number of carbonyl (C=O) groups excluding carboxylic acids is 2. The van der Waals surface area contributed by atoms with E-state index in [1.54, 1.807) is 45.0 Å². The SMILES string of the molecule is CC(C)(C)OC(=O)[C@@H](CC1CC1)C1(C(=O)OCc2ccccc2)C[C@H]1CC(F)(F)F. The highest BCUT2D eigenvalue weighted by Gasteiger charge is 2.69. The molecule has 0 bridgehead atoms. The zero-order valence-electron chi connectivity index (χ0n) is 17.6. The lowest BCUT2D eigenvalue weighted by molar-refractivity contribution is -0.174.